The second kappa shape index (κ2) is 8.71. The first-order valence-corrected chi connectivity index (χ1v) is 8.25. The summed E-state index contributed by atoms with van der Waals surface area (Å²) in [7, 11) is 0. The quantitative estimate of drug-likeness (QED) is 0.826. The summed E-state index contributed by atoms with van der Waals surface area (Å²) < 4.78 is 0. The predicted molar refractivity (Wildman–Crippen MR) is 97.2 cm³/mol. The number of carbonyl (C=O) groups excluding carboxylic acids is 2. The summed E-state index contributed by atoms with van der Waals surface area (Å²) in [6.45, 7) is 2.33. The van der Waals surface area contributed by atoms with Crippen molar-refractivity contribution < 1.29 is 9.59 Å². The molecule has 0 saturated heterocycles. The van der Waals surface area contributed by atoms with Crippen LogP contribution in [0.2, 0.25) is 10.0 Å². The molecule has 0 atom stereocenters. The highest BCUT2D eigenvalue weighted by Gasteiger charge is 2.12. The van der Waals surface area contributed by atoms with Gasteiger partial charge in [-0.05, 0) is 23.8 Å². The number of hydrogen-bond acceptors (Lipinski definition) is 2. The monoisotopic (exact) mass is 364 g/mol. The number of nitrogens with one attached hydrogen (secondary N) is 1. The third kappa shape index (κ3) is 5.55. The van der Waals surface area contributed by atoms with Crippen LogP contribution >= 0.6 is 23.2 Å². The molecule has 2 aromatic rings. The van der Waals surface area contributed by atoms with Crippen LogP contribution in [-0.4, -0.2) is 23.3 Å². The topological polar surface area (TPSA) is 49.4 Å². The predicted octanol–water partition coefficient (Wildman–Crippen LogP) is 4.37. The molecule has 0 heterocycles. The molecule has 0 aromatic heterocycles. The maximum Gasteiger partial charge on any atom is 0.226 e. The molecule has 6 heteroatoms. The number of rotatable bonds is 6. The van der Waals surface area contributed by atoms with E-state index in [4.69, 9.17) is 23.2 Å². The standard InChI is InChI=1S/C18H18Cl2N2O2/c1-13(23)22(12-14-5-3-2-4-6-14)10-9-18(24)21-15-7-8-16(19)17(20)11-15/h2-8,11H,9-10,12H2,1H3,(H,21,24). The third-order valence-electron chi connectivity index (χ3n) is 3.47. The number of halogens is 2. The van der Waals surface area contributed by atoms with Crippen LogP contribution in [0.3, 0.4) is 0 Å². The molecule has 126 valence electrons. The van der Waals surface area contributed by atoms with Crippen LogP contribution in [0, 0.1) is 0 Å². The fourth-order valence-corrected chi connectivity index (χ4v) is 2.48. The Bertz CT molecular complexity index is 720. The van der Waals surface area contributed by atoms with Crippen molar-refractivity contribution in [2.24, 2.45) is 0 Å². The summed E-state index contributed by atoms with van der Waals surface area (Å²) in [5, 5.41) is 3.56. The molecule has 0 aliphatic heterocycles. The summed E-state index contributed by atoms with van der Waals surface area (Å²) in [5.41, 5.74) is 1.60. The van der Waals surface area contributed by atoms with E-state index in [-0.39, 0.29) is 18.2 Å². The van der Waals surface area contributed by atoms with E-state index in [2.05, 4.69) is 5.32 Å². The van der Waals surface area contributed by atoms with Crippen molar-refractivity contribution in [3.8, 4) is 0 Å². The largest absolute Gasteiger partial charge is 0.338 e. The number of carbonyl (C=O) groups is 2. The summed E-state index contributed by atoms with van der Waals surface area (Å²) in [5.74, 6) is -0.256. The Hall–Kier alpha value is -2.04. The van der Waals surface area contributed by atoms with E-state index in [0.29, 0.717) is 28.8 Å². The van der Waals surface area contributed by atoms with Gasteiger partial charge in [-0.3, -0.25) is 9.59 Å². The molecule has 0 bridgehead atoms. The fourth-order valence-electron chi connectivity index (χ4n) is 2.19. The Morgan fingerprint density at radius 2 is 1.75 bits per heavy atom. The first-order valence-electron chi connectivity index (χ1n) is 7.50. The molecular weight excluding hydrogens is 347 g/mol. The van der Waals surface area contributed by atoms with Crippen LogP contribution < -0.4 is 5.32 Å². The third-order valence-corrected chi connectivity index (χ3v) is 4.21. The van der Waals surface area contributed by atoms with Crippen molar-refractivity contribution in [1.82, 2.24) is 4.90 Å². The van der Waals surface area contributed by atoms with Crippen LogP contribution in [0.1, 0.15) is 18.9 Å². The second-order valence-corrected chi connectivity index (χ2v) is 6.17. The molecule has 1 N–H and O–H groups in total. The SMILES string of the molecule is CC(=O)N(CCC(=O)Nc1ccc(Cl)c(Cl)c1)Cc1ccccc1. The zero-order valence-electron chi connectivity index (χ0n) is 13.3. The molecule has 2 aromatic carbocycles. The summed E-state index contributed by atoms with van der Waals surface area (Å²) in [4.78, 5) is 25.5. The molecule has 2 rings (SSSR count). The van der Waals surface area contributed by atoms with Gasteiger partial charge in [0.15, 0.2) is 0 Å². The van der Waals surface area contributed by atoms with E-state index < -0.39 is 0 Å². The van der Waals surface area contributed by atoms with Crippen LogP contribution in [0.5, 0.6) is 0 Å². The Morgan fingerprint density at radius 1 is 1.04 bits per heavy atom. The average molecular weight is 365 g/mol. The van der Waals surface area contributed by atoms with E-state index in [0.717, 1.165) is 5.56 Å². The van der Waals surface area contributed by atoms with Crippen LogP contribution in [-0.2, 0) is 16.1 Å². The van der Waals surface area contributed by atoms with Gasteiger partial charge >= 0.3 is 0 Å². The van der Waals surface area contributed by atoms with E-state index in [1.165, 1.54) is 6.92 Å². The van der Waals surface area contributed by atoms with Crippen molar-refractivity contribution >= 4 is 40.7 Å². The molecule has 4 nitrogen and oxygen atoms in total. The minimum Gasteiger partial charge on any atom is -0.338 e. The molecule has 0 aliphatic rings. The number of hydrogen-bond donors (Lipinski definition) is 1. The second-order valence-electron chi connectivity index (χ2n) is 5.35. The number of amides is 2. The molecular formula is C18H18Cl2N2O2. The first kappa shape index (κ1) is 18.3. The smallest absolute Gasteiger partial charge is 0.226 e. The van der Waals surface area contributed by atoms with Gasteiger partial charge in [-0.25, -0.2) is 0 Å². The lowest BCUT2D eigenvalue weighted by Gasteiger charge is -2.21. The van der Waals surface area contributed by atoms with Gasteiger partial charge in [0.1, 0.15) is 0 Å². The Balaban J connectivity index is 1.90. The van der Waals surface area contributed by atoms with E-state index in [1.807, 2.05) is 30.3 Å². The van der Waals surface area contributed by atoms with Crippen molar-refractivity contribution in [1.29, 1.82) is 0 Å². The van der Waals surface area contributed by atoms with Crippen LogP contribution in [0.4, 0.5) is 5.69 Å². The summed E-state index contributed by atoms with van der Waals surface area (Å²) in [6.07, 6.45) is 0.201. The number of anilines is 1. The van der Waals surface area contributed by atoms with Gasteiger partial charge in [-0.2, -0.15) is 0 Å². The zero-order valence-corrected chi connectivity index (χ0v) is 14.8. The molecule has 0 fully saturated rings. The van der Waals surface area contributed by atoms with Crippen molar-refractivity contribution in [3.05, 3.63) is 64.1 Å². The molecule has 24 heavy (non-hydrogen) atoms. The zero-order chi connectivity index (χ0) is 17.5. The highest BCUT2D eigenvalue weighted by Crippen LogP contribution is 2.25. The molecule has 0 unspecified atom stereocenters. The first-order chi connectivity index (χ1) is 11.5. The van der Waals surface area contributed by atoms with Crippen molar-refractivity contribution in [3.63, 3.8) is 0 Å². The van der Waals surface area contributed by atoms with Gasteiger partial charge in [-0.1, -0.05) is 53.5 Å². The van der Waals surface area contributed by atoms with Gasteiger partial charge in [0.05, 0.1) is 10.0 Å². The maximum atomic E-state index is 12.1. The lowest BCUT2D eigenvalue weighted by Crippen LogP contribution is -2.31. The van der Waals surface area contributed by atoms with Crippen molar-refractivity contribution in [2.45, 2.75) is 19.9 Å². The maximum absolute atomic E-state index is 12.1. The molecule has 0 spiro atoms. The Morgan fingerprint density at radius 3 is 2.38 bits per heavy atom. The lowest BCUT2D eigenvalue weighted by atomic mass is 10.2. The number of nitrogens with zero attached hydrogens (tertiary/aromatic N) is 1. The minimum absolute atomic E-state index is 0.0683. The molecule has 0 radical (unpaired) electrons. The average Bonchev–Trinajstić information content (AvgIpc) is 2.55. The minimum atomic E-state index is -0.187. The summed E-state index contributed by atoms with van der Waals surface area (Å²) >= 11 is 11.8. The van der Waals surface area contributed by atoms with Crippen LogP contribution in [0.25, 0.3) is 0 Å². The van der Waals surface area contributed by atoms with E-state index in [1.54, 1.807) is 23.1 Å². The van der Waals surface area contributed by atoms with Gasteiger partial charge in [0.25, 0.3) is 0 Å². The summed E-state index contributed by atoms with van der Waals surface area (Å²) in [6, 6.07) is 14.6. The molecule has 2 amide bonds. The van der Waals surface area contributed by atoms with Gasteiger partial charge in [0.2, 0.25) is 11.8 Å². The Labute approximate surface area is 151 Å². The molecule has 0 aliphatic carbocycles. The van der Waals surface area contributed by atoms with Gasteiger partial charge in [0, 0.05) is 32.1 Å². The molecule has 0 saturated carbocycles. The number of benzene rings is 2. The lowest BCUT2D eigenvalue weighted by molar-refractivity contribution is -0.129. The van der Waals surface area contributed by atoms with E-state index >= 15 is 0 Å². The highest BCUT2D eigenvalue weighted by molar-refractivity contribution is 6.42. The highest BCUT2D eigenvalue weighted by atomic mass is 35.5. The van der Waals surface area contributed by atoms with Gasteiger partial charge in [-0.15, -0.1) is 0 Å². The van der Waals surface area contributed by atoms with Crippen LogP contribution in [0.15, 0.2) is 48.5 Å². The Kier molecular flexibility index (Phi) is 6.64. The van der Waals surface area contributed by atoms with E-state index in [9.17, 15) is 9.59 Å². The van der Waals surface area contributed by atoms with Crippen molar-refractivity contribution in [2.75, 3.05) is 11.9 Å². The normalized spacial score (nSPS) is 10.3. The van der Waals surface area contributed by atoms with Gasteiger partial charge < -0.3 is 10.2 Å². The fraction of sp³-hybridized carbons (Fsp3) is 0.222.